The van der Waals surface area contributed by atoms with Crippen molar-refractivity contribution in [3.05, 3.63) is 52.2 Å². The number of aliphatic hydroxyl groups excluding tert-OH is 4. The quantitative estimate of drug-likeness (QED) is 0.474. The summed E-state index contributed by atoms with van der Waals surface area (Å²) in [5.41, 5.74) is 5.16. The molecule has 1 unspecified atom stereocenters. The fraction of sp³-hybridized carbons (Fsp3) is 0.560. The Morgan fingerprint density at radius 2 is 1.88 bits per heavy atom. The van der Waals surface area contributed by atoms with Crippen LogP contribution < -0.4 is 4.74 Å². The summed E-state index contributed by atoms with van der Waals surface area (Å²) in [5.74, 6) is 0.280. The third-order valence-corrected chi connectivity index (χ3v) is 6.38. The summed E-state index contributed by atoms with van der Waals surface area (Å²) < 4.78 is 19.0. The summed E-state index contributed by atoms with van der Waals surface area (Å²) in [5, 5.41) is 44.8. The average molecular weight is 475 g/mol. The van der Waals surface area contributed by atoms with E-state index in [0.29, 0.717) is 19.6 Å². The van der Waals surface area contributed by atoms with Gasteiger partial charge in [-0.05, 0) is 38.3 Å². The van der Waals surface area contributed by atoms with Crippen molar-refractivity contribution in [1.82, 2.24) is 9.78 Å². The van der Waals surface area contributed by atoms with E-state index in [-0.39, 0.29) is 11.9 Å². The van der Waals surface area contributed by atoms with E-state index in [2.05, 4.69) is 49.3 Å². The number of rotatable bonds is 7. The van der Waals surface area contributed by atoms with Gasteiger partial charge in [-0.3, -0.25) is 4.68 Å². The van der Waals surface area contributed by atoms with Crippen LogP contribution in [0.2, 0.25) is 0 Å². The molecule has 9 nitrogen and oxygen atoms in total. The summed E-state index contributed by atoms with van der Waals surface area (Å²) >= 11 is 0. The van der Waals surface area contributed by atoms with Crippen molar-refractivity contribution in [2.24, 2.45) is 0 Å². The maximum atomic E-state index is 10.5. The summed E-state index contributed by atoms with van der Waals surface area (Å²) in [6.07, 6.45) is -3.34. The first-order valence-corrected chi connectivity index (χ1v) is 11.6. The molecular formula is C25H34N2O7. The van der Waals surface area contributed by atoms with E-state index < -0.39 is 37.3 Å². The lowest BCUT2D eigenvalue weighted by atomic mass is 9.99. The molecular weight excluding hydrogens is 440 g/mol. The number of aliphatic hydroxyl groups is 4. The molecule has 0 aliphatic carbocycles. The van der Waals surface area contributed by atoms with Crippen molar-refractivity contribution in [2.45, 2.75) is 70.4 Å². The number of aromatic nitrogens is 2. The second-order valence-electron chi connectivity index (χ2n) is 9.29. The van der Waals surface area contributed by atoms with Gasteiger partial charge in [-0.15, -0.1) is 5.10 Å². The first-order chi connectivity index (χ1) is 16.3. The Morgan fingerprint density at radius 1 is 1.15 bits per heavy atom. The summed E-state index contributed by atoms with van der Waals surface area (Å²) in [7, 11) is 0. The Hall–Kier alpha value is -2.27. The molecule has 6 atom stereocenters. The Bertz CT molecular complexity index is 991. The predicted molar refractivity (Wildman–Crippen MR) is 124 cm³/mol. The molecule has 1 aromatic carbocycles. The Labute approximate surface area is 199 Å². The van der Waals surface area contributed by atoms with E-state index in [1.165, 1.54) is 5.57 Å². The van der Waals surface area contributed by atoms with Crippen molar-refractivity contribution in [1.29, 1.82) is 0 Å². The van der Waals surface area contributed by atoms with Crippen LogP contribution in [0.15, 0.2) is 29.8 Å². The number of allylic oxidation sites excluding steroid dienone is 1. The average Bonchev–Trinajstić information content (AvgIpc) is 3.44. The zero-order chi connectivity index (χ0) is 24.4. The minimum Gasteiger partial charge on any atom is -0.443 e. The molecule has 4 N–H and O–H groups in total. The van der Waals surface area contributed by atoms with E-state index in [1.807, 2.05) is 11.6 Å². The van der Waals surface area contributed by atoms with Gasteiger partial charge < -0.3 is 34.6 Å². The largest absolute Gasteiger partial charge is 0.443 e. The summed E-state index contributed by atoms with van der Waals surface area (Å²) in [6, 6.07) is 8.31. The molecule has 2 fully saturated rings. The first kappa shape index (κ1) is 24.8. The SMILES string of the molecule is CC(C)=Cc1ccc(Cc2c(O[C@@H]3O[C@H](CO)[C@@H](O)[C@H](O)[C@H]3O)nn(C3CCOC3)c2C)cc1. The van der Waals surface area contributed by atoms with Gasteiger partial charge in [-0.25, -0.2) is 0 Å². The van der Waals surface area contributed by atoms with Gasteiger partial charge in [0.15, 0.2) is 0 Å². The van der Waals surface area contributed by atoms with E-state index in [0.717, 1.165) is 28.8 Å². The molecule has 2 aromatic rings. The van der Waals surface area contributed by atoms with Crippen molar-refractivity contribution in [3.63, 3.8) is 0 Å². The molecule has 2 aliphatic heterocycles. The Morgan fingerprint density at radius 3 is 2.50 bits per heavy atom. The van der Waals surface area contributed by atoms with Crippen molar-refractivity contribution in [2.75, 3.05) is 19.8 Å². The van der Waals surface area contributed by atoms with Crippen LogP contribution in [0.25, 0.3) is 6.08 Å². The molecule has 0 spiro atoms. The van der Waals surface area contributed by atoms with Gasteiger partial charge in [-0.1, -0.05) is 35.9 Å². The molecule has 3 heterocycles. The minimum absolute atomic E-state index is 0.0749. The highest BCUT2D eigenvalue weighted by atomic mass is 16.7. The van der Waals surface area contributed by atoms with E-state index >= 15 is 0 Å². The number of hydrogen-bond donors (Lipinski definition) is 4. The number of nitrogens with zero attached hydrogens (tertiary/aromatic N) is 2. The molecule has 0 amide bonds. The molecule has 9 heteroatoms. The zero-order valence-electron chi connectivity index (χ0n) is 19.8. The molecule has 2 saturated heterocycles. The number of ether oxygens (including phenoxy) is 3. The molecule has 0 bridgehead atoms. The molecule has 186 valence electrons. The maximum absolute atomic E-state index is 10.5. The summed E-state index contributed by atoms with van der Waals surface area (Å²) in [4.78, 5) is 0. The van der Waals surface area contributed by atoms with Crippen LogP contribution in [0.1, 0.15) is 48.7 Å². The lowest BCUT2D eigenvalue weighted by molar-refractivity contribution is -0.278. The smallest absolute Gasteiger partial charge is 0.239 e. The third kappa shape index (κ3) is 5.19. The van der Waals surface area contributed by atoms with E-state index in [1.54, 1.807) is 0 Å². The molecule has 4 rings (SSSR count). The van der Waals surface area contributed by atoms with Crippen LogP contribution >= 0.6 is 0 Å². The molecule has 34 heavy (non-hydrogen) atoms. The van der Waals surface area contributed by atoms with Crippen LogP contribution in [-0.2, 0) is 15.9 Å². The van der Waals surface area contributed by atoms with Crippen molar-refractivity contribution < 1.29 is 34.6 Å². The Kier molecular flexibility index (Phi) is 7.71. The number of benzene rings is 1. The van der Waals surface area contributed by atoms with Crippen LogP contribution in [0.4, 0.5) is 0 Å². The molecule has 0 saturated carbocycles. The fourth-order valence-electron chi connectivity index (χ4n) is 4.44. The monoisotopic (exact) mass is 474 g/mol. The highest BCUT2D eigenvalue weighted by Crippen LogP contribution is 2.32. The van der Waals surface area contributed by atoms with Gasteiger partial charge in [0.25, 0.3) is 0 Å². The van der Waals surface area contributed by atoms with Gasteiger partial charge in [0.2, 0.25) is 12.2 Å². The highest BCUT2D eigenvalue weighted by molar-refractivity contribution is 5.52. The van der Waals surface area contributed by atoms with Crippen LogP contribution in [0.5, 0.6) is 5.88 Å². The van der Waals surface area contributed by atoms with Gasteiger partial charge >= 0.3 is 0 Å². The van der Waals surface area contributed by atoms with Gasteiger partial charge in [0.1, 0.15) is 24.4 Å². The van der Waals surface area contributed by atoms with Gasteiger partial charge in [0, 0.05) is 24.3 Å². The van der Waals surface area contributed by atoms with Gasteiger partial charge in [-0.2, -0.15) is 0 Å². The predicted octanol–water partition coefficient (Wildman–Crippen LogP) is 1.35. The van der Waals surface area contributed by atoms with Crippen LogP contribution in [0, 0.1) is 6.92 Å². The first-order valence-electron chi connectivity index (χ1n) is 11.6. The zero-order valence-corrected chi connectivity index (χ0v) is 19.8. The lowest BCUT2D eigenvalue weighted by Crippen LogP contribution is -2.60. The van der Waals surface area contributed by atoms with Crippen molar-refractivity contribution >= 4 is 6.08 Å². The highest BCUT2D eigenvalue weighted by Gasteiger charge is 2.45. The van der Waals surface area contributed by atoms with Gasteiger partial charge in [0.05, 0.1) is 19.3 Å². The fourth-order valence-corrected chi connectivity index (χ4v) is 4.44. The second-order valence-corrected chi connectivity index (χ2v) is 9.29. The van der Waals surface area contributed by atoms with E-state index in [9.17, 15) is 20.4 Å². The van der Waals surface area contributed by atoms with Crippen LogP contribution in [0.3, 0.4) is 0 Å². The normalized spacial score (nSPS) is 29.3. The van der Waals surface area contributed by atoms with Crippen LogP contribution in [-0.4, -0.2) is 80.7 Å². The van der Waals surface area contributed by atoms with E-state index in [4.69, 9.17) is 14.2 Å². The standard InChI is InChI=1S/C25H34N2O7/c1-14(2)10-16-4-6-17(7-5-16)11-19-15(3)27(18-8-9-32-13-18)26-24(19)34-25-23(31)22(30)21(29)20(12-28)33-25/h4-7,10,18,20-23,25,28-31H,8-9,11-13H2,1-3H3/t18?,20-,21-,22+,23-,25+/m1/s1. The molecule has 0 radical (unpaired) electrons. The minimum atomic E-state index is -1.52. The molecule has 1 aromatic heterocycles. The molecule has 2 aliphatic rings. The Balaban J connectivity index is 1.63. The summed E-state index contributed by atoms with van der Waals surface area (Å²) in [6.45, 7) is 6.77. The van der Waals surface area contributed by atoms with Crippen molar-refractivity contribution in [3.8, 4) is 5.88 Å². The second kappa shape index (κ2) is 10.6. The number of hydrogen-bond acceptors (Lipinski definition) is 8. The third-order valence-electron chi connectivity index (χ3n) is 6.38. The maximum Gasteiger partial charge on any atom is 0.239 e. The lowest BCUT2D eigenvalue weighted by Gasteiger charge is -2.39. The topological polar surface area (TPSA) is 126 Å².